The van der Waals surface area contributed by atoms with Gasteiger partial charge < -0.3 is 21.3 Å². The maximum Gasteiger partial charge on any atom is 0.490 e. The fourth-order valence-electron chi connectivity index (χ4n) is 3.44. The lowest BCUT2D eigenvalue weighted by Crippen LogP contribution is -2.57. The molecule has 5 N–H and O–H groups in total. The molecule has 0 aliphatic heterocycles. The number of alkyl halides is 6. The van der Waals surface area contributed by atoms with Gasteiger partial charge in [0.2, 0.25) is 0 Å². The number of primary amides is 1. The van der Waals surface area contributed by atoms with Gasteiger partial charge in [0.05, 0.1) is 18.5 Å². The number of amides is 1. The third kappa shape index (κ3) is 5.18. The lowest BCUT2D eigenvalue weighted by molar-refractivity contribution is -0.280. The third-order valence-electron chi connectivity index (χ3n) is 5.35. The zero-order valence-corrected chi connectivity index (χ0v) is 18.8. The number of carbonyl (C=O) groups excluding carboxylic acids is 2. The molecule has 0 spiro atoms. The molecule has 8 nitrogen and oxygen atoms in total. The van der Waals surface area contributed by atoms with Crippen LogP contribution in [-0.4, -0.2) is 39.3 Å². The van der Waals surface area contributed by atoms with Crippen molar-refractivity contribution in [2.45, 2.75) is 31.5 Å². The monoisotopic (exact) mass is 528 g/mol. The van der Waals surface area contributed by atoms with Crippen LogP contribution in [0.3, 0.4) is 0 Å². The molecule has 0 fully saturated rings. The van der Waals surface area contributed by atoms with E-state index in [0.29, 0.717) is 23.3 Å². The molecule has 0 radical (unpaired) electrons. The molecule has 1 amide bonds. The lowest BCUT2D eigenvalue weighted by atomic mass is 9.88. The maximum atomic E-state index is 14.1. The van der Waals surface area contributed by atoms with Crippen molar-refractivity contribution in [3.63, 3.8) is 0 Å². The number of nitrogens with zero attached hydrogens (tertiary/aromatic N) is 2. The standard InChI is InChI=1S/C23H18F6N4O4/c1-11-2-7-14(21(19(31)35,23(27,28)29)37-20(36)22(24,25)26)8-15(11)16-9-32-18(30)17(33-16)13-5-3-12(10-34)4-6-13/h2-9,34H,10H2,1H3,(H2,30,32)(H2,31,35). The Hall–Kier alpha value is -4.20. The number of aliphatic hydroxyl groups is 1. The van der Waals surface area contributed by atoms with Crippen LogP contribution in [0.5, 0.6) is 0 Å². The van der Waals surface area contributed by atoms with Crippen LogP contribution >= 0.6 is 0 Å². The van der Waals surface area contributed by atoms with E-state index in [1.54, 1.807) is 24.3 Å². The second-order valence-electron chi connectivity index (χ2n) is 7.80. The van der Waals surface area contributed by atoms with Gasteiger partial charge in [-0.1, -0.05) is 36.4 Å². The number of esters is 1. The Bertz CT molecular complexity index is 1340. The first kappa shape index (κ1) is 27.4. The molecular weight excluding hydrogens is 510 g/mol. The van der Waals surface area contributed by atoms with Gasteiger partial charge in [-0.15, -0.1) is 0 Å². The number of nitrogen functional groups attached to an aromatic ring is 1. The molecule has 0 bridgehead atoms. The van der Waals surface area contributed by atoms with E-state index in [2.05, 4.69) is 14.7 Å². The van der Waals surface area contributed by atoms with E-state index >= 15 is 0 Å². The van der Waals surface area contributed by atoms with Gasteiger partial charge in [0.1, 0.15) is 11.5 Å². The van der Waals surface area contributed by atoms with Gasteiger partial charge in [-0.2, -0.15) is 26.3 Å². The van der Waals surface area contributed by atoms with Crippen molar-refractivity contribution in [3.8, 4) is 22.5 Å². The Kier molecular flexibility index (Phi) is 7.17. The molecule has 1 unspecified atom stereocenters. The zero-order chi connectivity index (χ0) is 27.8. The molecule has 14 heteroatoms. The van der Waals surface area contributed by atoms with E-state index in [4.69, 9.17) is 11.5 Å². The summed E-state index contributed by atoms with van der Waals surface area (Å²) in [5.74, 6) is -5.69. The summed E-state index contributed by atoms with van der Waals surface area (Å²) in [4.78, 5) is 31.7. The fourth-order valence-corrected chi connectivity index (χ4v) is 3.44. The van der Waals surface area contributed by atoms with Crippen molar-refractivity contribution in [1.29, 1.82) is 0 Å². The van der Waals surface area contributed by atoms with Crippen LogP contribution in [0.15, 0.2) is 48.7 Å². The van der Waals surface area contributed by atoms with E-state index < -0.39 is 35.4 Å². The molecular formula is C23H18F6N4O4. The minimum Gasteiger partial charge on any atom is -0.427 e. The van der Waals surface area contributed by atoms with Gasteiger partial charge in [-0.3, -0.25) is 4.79 Å². The third-order valence-corrected chi connectivity index (χ3v) is 5.35. The summed E-state index contributed by atoms with van der Waals surface area (Å²) in [5.41, 5.74) is 6.44. The molecule has 2 aromatic carbocycles. The normalized spacial score (nSPS) is 13.6. The van der Waals surface area contributed by atoms with E-state index in [0.717, 1.165) is 12.3 Å². The highest BCUT2D eigenvalue weighted by atomic mass is 19.4. The van der Waals surface area contributed by atoms with Gasteiger partial charge in [0, 0.05) is 16.7 Å². The average Bonchev–Trinajstić information content (AvgIpc) is 2.81. The predicted molar refractivity (Wildman–Crippen MR) is 117 cm³/mol. The number of carbonyl (C=O) groups is 2. The van der Waals surface area contributed by atoms with Crippen molar-refractivity contribution < 1.29 is 45.8 Å². The molecule has 0 aliphatic rings. The van der Waals surface area contributed by atoms with Crippen molar-refractivity contribution in [2.75, 3.05) is 5.73 Å². The predicted octanol–water partition coefficient (Wildman–Crippen LogP) is 3.54. The van der Waals surface area contributed by atoms with Gasteiger partial charge >= 0.3 is 23.9 Å². The van der Waals surface area contributed by atoms with Gasteiger partial charge in [-0.05, 0) is 24.1 Å². The number of aryl methyl sites for hydroxylation is 1. The first-order chi connectivity index (χ1) is 17.1. The Morgan fingerprint density at radius 3 is 2.16 bits per heavy atom. The Morgan fingerprint density at radius 2 is 1.65 bits per heavy atom. The molecule has 1 aromatic heterocycles. The highest BCUT2D eigenvalue weighted by Gasteiger charge is 2.66. The van der Waals surface area contributed by atoms with Crippen LogP contribution in [0.2, 0.25) is 0 Å². The van der Waals surface area contributed by atoms with Crippen LogP contribution in [0.4, 0.5) is 32.2 Å². The van der Waals surface area contributed by atoms with Gasteiger partial charge in [0.25, 0.3) is 5.91 Å². The number of hydrogen-bond acceptors (Lipinski definition) is 7. The summed E-state index contributed by atoms with van der Waals surface area (Å²) in [6, 6.07) is 8.71. The van der Waals surface area contributed by atoms with E-state index in [1.165, 1.54) is 6.92 Å². The van der Waals surface area contributed by atoms with Crippen molar-refractivity contribution >= 4 is 17.7 Å². The Morgan fingerprint density at radius 1 is 1.03 bits per heavy atom. The molecule has 3 aromatic rings. The summed E-state index contributed by atoms with van der Waals surface area (Å²) >= 11 is 0. The van der Waals surface area contributed by atoms with Gasteiger partial charge in [-0.25, -0.2) is 14.8 Å². The lowest BCUT2D eigenvalue weighted by Gasteiger charge is -2.33. The number of rotatable bonds is 6. The zero-order valence-electron chi connectivity index (χ0n) is 18.8. The summed E-state index contributed by atoms with van der Waals surface area (Å²) in [6.07, 6.45) is -10.6. The molecule has 196 valence electrons. The Labute approximate surface area is 204 Å². The number of nitrogens with two attached hydrogens (primary N) is 2. The summed E-state index contributed by atoms with van der Waals surface area (Å²) in [7, 11) is 0. The van der Waals surface area contributed by atoms with Gasteiger partial charge in [0.15, 0.2) is 0 Å². The molecule has 0 saturated carbocycles. The summed E-state index contributed by atoms with van der Waals surface area (Å²) in [5, 5.41) is 9.20. The van der Waals surface area contributed by atoms with Crippen molar-refractivity contribution in [1.82, 2.24) is 9.97 Å². The highest BCUT2D eigenvalue weighted by molar-refractivity contribution is 5.90. The molecule has 0 saturated heterocycles. The fraction of sp³-hybridized carbons (Fsp3) is 0.217. The maximum absolute atomic E-state index is 14.1. The number of aromatic nitrogens is 2. The van der Waals surface area contributed by atoms with Crippen molar-refractivity contribution in [2.24, 2.45) is 5.73 Å². The molecule has 37 heavy (non-hydrogen) atoms. The average molecular weight is 528 g/mol. The molecule has 0 aliphatic carbocycles. The van der Waals surface area contributed by atoms with Crippen molar-refractivity contribution in [3.05, 3.63) is 65.4 Å². The first-order valence-electron chi connectivity index (χ1n) is 10.2. The molecule has 1 heterocycles. The molecule has 1 atom stereocenters. The smallest absolute Gasteiger partial charge is 0.427 e. The Balaban J connectivity index is 2.21. The number of benzene rings is 2. The van der Waals surface area contributed by atoms with Crippen LogP contribution < -0.4 is 11.5 Å². The summed E-state index contributed by atoms with van der Waals surface area (Å²) < 4.78 is 84.4. The molecule has 3 rings (SSSR count). The quantitative estimate of drug-likeness (QED) is 0.328. The van der Waals surface area contributed by atoms with Crippen LogP contribution in [0.1, 0.15) is 16.7 Å². The van der Waals surface area contributed by atoms with Crippen LogP contribution in [0.25, 0.3) is 22.5 Å². The van der Waals surface area contributed by atoms with E-state index in [1.807, 2.05) is 0 Å². The second kappa shape index (κ2) is 9.69. The minimum atomic E-state index is -5.86. The number of aliphatic hydroxyl groups excluding tert-OH is 1. The van der Waals surface area contributed by atoms with E-state index in [9.17, 15) is 41.0 Å². The van der Waals surface area contributed by atoms with E-state index in [-0.39, 0.29) is 34.9 Å². The SMILES string of the molecule is Cc1ccc(C(OC(=O)C(F)(F)F)(C(N)=O)C(F)(F)F)cc1-c1cnc(N)c(-c2ccc(CO)cc2)n1. The number of hydrogen-bond donors (Lipinski definition) is 3. The first-order valence-corrected chi connectivity index (χ1v) is 10.2. The second-order valence-corrected chi connectivity index (χ2v) is 7.80. The minimum absolute atomic E-state index is 0.0461. The highest BCUT2D eigenvalue weighted by Crippen LogP contribution is 2.45. The number of ether oxygens (including phenoxy) is 1. The topological polar surface area (TPSA) is 141 Å². The summed E-state index contributed by atoms with van der Waals surface area (Å²) in [6.45, 7) is 1.22. The number of anilines is 1. The largest absolute Gasteiger partial charge is 0.490 e. The van der Waals surface area contributed by atoms with Crippen LogP contribution in [-0.2, 0) is 26.5 Å². The van der Waals surface area contributed by atoms with Crippen LogP contribution in [0, 0.1) is 6.92 Å². The number of halogens is 6.